The van der Waals surface area contributed by atoms with E-state index >= 15 is 0 Å². The van der Waals surface area contributed by atoms with Crippen molar-refractivity contribution in [1.29, 1.82) is 0 Å². The maximum Gasteiger partial charge on any atom is 0.263 e. The minimum Gasteiger partial charge on any atom is -0.489 e. The molecule has 1 unspecified atom stereocenters. The highest BCUT2D eigenvalue weighted by atomic mass is 16.5. The van der Waals surface area contributed by atoms with E-state index in [9.17, 15) is 4.79 Å². The van der Waals surface area contributed by atoms with Gasteiger partial charge in [-0.05, 0) is 18.9 Å². The molecule has 7 nitrogen and oxygen atoms in total. The number of ether oxygens (including phenoxy) is 2. The van der Waals surface area contributed by atoms with Crippen LogP contribution in [0.1, 0.15) is 44.4 Å². The van der Waals surface area contributed by atoms with Gasteiger partial charge in [-0.3, -0.25) is 4.79 Å². The zero-order valence-corrected chi connectivity index (χ0v) is 12.9. The monoisotopic (exact) mass is 307 g/mol. The van der Waals surface area contributed by atoms with Crippen LogP contribution in [-0.2, 0) is 20.9 Å². The molecule has 0 aromatic carbocycles. The molecule has 3 heterocycles. The average molecular weight is 307 g/mol. The predicted octanol–water partition coefficient (Wildman–Crippen LogP) is 1.61. The summed E-state index contributed by atoms with van der Waals surface area (Å²) in [7, 11) is 0. The molecule has 1 aromatic rings. The maximum absolute atomic E-state index is 12.1. The molecule has 3 rings (SSSR count). The standard InChI is InChI=1S/C15H21N3O4/c1-10(2)14-17-16-13(22-14)9-21-11-7-18(8-11)15(19)12-5-3-4-6-20-12/h4,6,10-12H,3,5,7-9H2,1-2H3. The molecule has 2 aliphatic rings. The van der Waals surface area contributed by atoms with Crippen molar-refractivity contribution in [1.82, 2.24) is 15.1 Å². The summed E-state index contributed by atoms with van der Waals surface area (Å²) in [6.07, 6.45) is 4.87. The molecule has 2 aliphatic heterocycles. The van der Waals surface area contributed by atoms with E-state index in [4.69, 9.17) is 13.9 Å². The highest BCUT2D eigenvalue weighted by molar-refractivity contribution is 5.82. The summed E-state index contributed by atoms with van der Waals surface area (Å²) in [5, 5.41) is 7.90. The largest absolute Gasteiger partial charge is 0.489 e. The third kappa shape index (κ3) is 3.30. The van der Waals surface area contributed by atoms with Crippen LogP contribution in [0.3, 0.4) is 0 Å². The first-order chi connectivity index (χ1) is 10.6. The lowest BCUT2D eigenvalue weighted by molar-refractivity contribution is -0.156. The van der Waals surface area contributed by atoms with Gasteiger partial charge in [-0.1, -0.05) is 13.8 Å². The number of carbonyl (C=O) groups excluding carboxylic acids is 1. The summed E-state index contributed by atoms with van der Waals surface area (Å²) in [5.41, 5.74) is 0. The van der Waals surface area contributed by atoms with Gasteiger partial charge < -0.3 is 18.8 Å². The topological polar surface area (TPSA) is 77.7 Å². The minimum atomic E-state index is -0.338. The Balaban J connectivity index is 1.40. The molecule has 1 amide bonds. The molecule has 22 heavy (non-hydrogen) atoms. The SMILES string of the molecule is CC(C)c1nnc(COC2CN(C(=O)C3CCC=CO3)C2)o1. The molecule has 1 saturated heterocycles. The first-order valence-corrected chi connectivity index (χ1v) is 7.66. The molecule has 0 bridgehead atoms. The molecule has 0 spiro atoms. The summed E-state index contributed by atoms with van der Waals surface area (Å²) in [4.78, 5) is 13.9. The van der Waals surface area contributed by atoms with Gasteiger partial charge in [-0.25, -0.2) is 0 Å². The van der Waals surface area contributed by atoms with Gasteiger partial charge in [0.25, 0.3) is 5.91 Å². The van der Waals surface area contributed by atoms with Crippen molar-refractivity contribution in [3.63, 3.8) is 0 Å². The Labute approximate surface area is 129 Å². The van der Waals surface area contributed by atoms with Crippen LogP contribution in [0.4, 0.5) is 0 Å². The van der Waals surface area contributed by atoms with Crippen LogP contribution in [0, 0.1) is 0 Å². The number of aromatic nitrogens is 2. The predicted molar refractivity (Wildman–Crippen MR) is 76.8 cm³/mol. The number of nitrogens with zero attached hydrogens (tertiary/aromatic N) is 3. The van der Waals surface area contributed by atoms with E-state index in [1.165, 1.54) is 0 Å². The van der Waals surface area contributed by atoms with E-state index in [0.29, 0.717) is 24.9 Å². The van der Waals surface area contributed by atoms with Gasteiger partial charge in [0.05, 0.1) is 12.4 Å². The van der Waals surface area contributed by atoms with Crippen LogP contribution in [-0.4, -0.2) is 46.3 Å². The Morgan fingerprint density at radius 1 is 1.45 bits per heavy atom. The first-order valence-electron chi connectivity index (χ1n) is 7.66. The number of likely N-dealkylation sites (tertiary alicyclic amines) is 1. The summed E-state index contributed by atoms with van der Waals surface area (Å²) in [6.45, 7) is 5.46. The lowest BCUT2D eigenvalue weighted by Gasteiger charge is -2.40. The smallest absolute Gasteiger partial charge is 0.263 e. The Hall–Kier alpha value is -1.89. The van der Waals surface area contributed by atoms with Crippen molar-refractivity contribution >= 4 is 5.91 Å². The van der Waals surface area contributed by atoms with Gasteiger partial charge in [0, 0.05) is 19.0 Å². The highest BCUT2D eigenvalue weighted by Crippen LogP contribution is 2.20. The molecule has 120 valence electrons. The fourth-order valence-corrected chi connectivity index (χ4v) is 2.39. The van der Waals surface area contributed by atoms with E-state index in [0.717, 1.165) is 12.8 Å². The highest BCUT2D eigenvalue weighted by Gasteiger charge is 2.36. The Morgan fingerprint density at radius 2 is 2.27 bits per heavy atom. The van der Waals surface area contributed by atoms with E-state index in [2.05, 4.69) is 10.2 Å². The molecule has 7 heteroatoms. The maximum atomic E-state index is 12.1. The van der Waals surface area contributed by atoms with Crippen molar-refractivity contribution < 1.29 is 18.7 Å². The lowest BCUT2D eigenvalue weighted by atomic mass is 10.1. The Kier molecular flexibility index (Phi) is 4.42. The zero-order valence-electron chi connectivity index (χ0n) is 12.9. The van der Waals surface area contributed by atoms with Crippen molar-refractivity contribution in [2.45, 2.75) is 51.4 Å². The number of carbonyl (C=O) groups is 1. The summed E-state index contributed by atoms with van der Waals surface area (Å²) < 4.78 is 16.5. The second-order valence-electron chi connectivity index (χ2n) is 5.94. The van der Waals surface area contributed by atoms with Gasteiger partial charge >= 0.3 is 0 Å². The van der Waals surface area contributed by atoms with E-state index in [1.807, 2.05) is 19.9 Å². The third-order valence-corrected chi connectivity index (χ3v) is 3.79. The number of hydrogen-bond donors (Lipinski definition) is 0. The van der Waals surface area contributed by atoms with Gasteiger partial charge in [0.1, 0.15) is 6.61 Å². The second kappa shape index (κ2) is 6.48. The van der Waals surface area contributed by atoms with Crippen LogP contribution in [0.25, 0.3) is 0 Å². The molecule has 0 aliphatic carbocycles. The van der Waals surface area contributed by atoms with E-state index in [1.54, 1.807) is 11.2 Å². The molecule has 0 N–H and O–H groups in total. The van der Waals surface area contributed by atoms with Crippen LogP contribution >= 0.6 is 0 Å². The normalized spacial score (nSPS) is 21.8. The van der Waals surface area contributed by atoms with Gasteiger partial charge in [-0.2, -0.15) is 0 Å². The Morgan fingerprint density at radius 3 is 2.91 bits per heavy atom. The number of allylic oxidation sites excluding steroid dienone is 1. The Bertz CT molecular complexity index is 549. The van der Waals surface area contributed by atoms with Crippen molar-refractivity contribution in [2.24, 2.45) is 0 Å². The molecule has 0 saturated carbocycles. The average Bonchev–Trinajstić information content (AvgIpc) is 2.95. The number of amides is 1. The number of hydrogen-bond acceptors (Lipinski definition) is 6. The van der Waals surface area contributed by atoms with Crippen molar-refractivity contribution in [2.75, 3.05) is 13.1 Å². The van der Waals surface area contributed by atoms with Gasteiger partial charge in [-0.15, -0.1) is 10.2 Å². The molecule has 1 fully saturated rings. The number of rotatable bonds is 5. The van der Waals surface area contributed by atoms with Crippen molar-refractivity contribution in [3.8, 4) is 0 Å². The second-order valence-corrected chi connectivity index (χ2v) is 5.94. The quantitative estimate of drug-likeness (QED) is 0.822. The van der Waals surface area contributed by atoms with Crippen LogP contribution in [0.15, 0.2) is 16.8 Å². The molecule has 0 radical (unpaired) electrons. The summed E-state index contributed by atoms with van der Waals surface area (Å²) in [5.74, 6) is 1.35. The fourth-order valence-electron chi connectivity index (χ4n) is 2.39. The van der Waals surface area contributed by atoms with Crippen LogP contribution in [0.5, 0.6) is 0 Å². The van der Waals surface area contributed by atoms with Crippen LogP contribution in [0.2, 0.25) is 0 Å². The zero-order chi connectivity index (χ0) is 15.5. The van der Waals surface area contributed by atoms with Gasteiger partial charge in [0.2, 0.25) is 11.8 Å². The van der Waals surface area contributed by atoms with Crippen LogP contribution < -0.4 is 0 Å². The molecule has 1 atom stereocenters. The summed E-state index contributed by atoms with van der Waals surface area (Å²) >= 11 is 0. The minimum absolute atomic E-state index is 0.0254. The lowest BCUT2D eigenvalue weighted by Crippen LogP contribution is -2.57. The first kappa shape index (κ1) is 15.0. The van der Waals surface area contributed by atoms with E-state index in [-0.39, 0.29) is 30.6 Å². The molecular formula is C15H21N3O4. The molecular weight excluding hydrogens is 286 g/mol. The summed E-state index contributed by atoms with van der Waals surface area (Å²) in [6, 6.07) is 0. The van der Waals surface area contributed by atoms with Gasteiger partial charge in [0.15, 0.2) is 6.10 Å². The van der Waals surface area contributed by atoms with Crippen molar-refractivity contribution in [3.05, 3.63) is 24.1 Å². The third-order valence-electron chi connectivity index (χ3n) is 3.79. The fraction of sp³-hybridized carbons (Fsp3) is 0.667. The van der Waals surface area contributed by atoms with E-state index < -0.39 is 0 Å². The molecule has 1 aromatic heterocycles.